The molecule has 3 heteroatoms. The minimum absolute atomic E-state index is 0.292. The van der Waals surface area contributed by atoms with Crippen LogP contribution in [0.2, 0.25) is 0 Å². The Morgan fingerprint density at radius 3 is 3.05 bits per heavy atom. The first-order valence-electron chi connectivity index (χ1n) is 6.89. The Morgan fingerprint density at radius 1 is 1.47 bits per heavy atom. The molecule has 0 fully saturated rings. The largest absolute Gasteiger partial charge is 0.463 e. The fourth-order valence-electron chi connectivity index (χ4n) is 2.51. The zero-order valence-corrected chi connectivity index (χ0v) is 11.4. The van der Waals surface area contributed by atoms with Crippen LogP contribution < -0.4 is 5.73 Å². The van der Waals surface area contributed by atoms with Crippen LogP contribution >= 0.6 is 0 Å². The molecule has 1 unspecified atom stereocenters. The Bertz CT molecular complexity index is 480. The standard InChI is InChI=1S/C16H21NO2/c1-2-19-16(18)8-5-12-3-6-14-7-4-13(11-17)10-15(14)9-12/h3,5-6,8-9,13H,2,4,7,10-11,17H2,1H3/b8-5+. The molecule has 1 atom stereocenters. The lowest BCUT2D eigenvalue weighted by molar-refractivity contribution is -0.137. The van der Waals surface area contributed by atoms with Crippen molar-refractivity contribution in [1.82, 2.24) is 0 Å². The molecule has 0 aromatic heterocycles. The number of nitrogens with two attached hydrogens (primary N) is 1. The summed E-state index contributed by atoms with van der Waals surface area (Å²) in [5.41, 5.74) is 9.58. The highest BCUT2D eigenvalue weighted by Gasteiger charge is 2.17. The molecule has 2 N–H and O–H groups in total. The fraction of sp³-hybridized carbons (Fsp3) is 0.438. The lowest BCUT2D eigenvalue weighted by Crippen LogP contribution is -2.22. The van der Waals surface area contributed by atoms with E-state index in [0.29, 0.717) is 12.5 Å². The SMILES string of the molecule is CCOC(=O)/C=C/c1ccc2c(c1)CC(CN)CC2. The molecule has 1 aliphatic carbocycles. The number of fused-ring (bicyclic) bond motifs is 1. The summed E-state index contributed by atoms with van der Waals surface area (Å²) in [5, 5.41) is 0. The number of aryl methyl sites for hydroxylation is 1. The summed E-state index contributed by atoms with van der Waals surface area (Å²) >= 11 is 0. The maximum atomic E-state index is 11.3. The molecule has 0 radical (unpaired) electrons. The lowest BCUT2D eigenvalue weighted by atomic mass is 9.83. The molecule has 0 spiro atoms. The molecule has 1 aromatic carbocycles. The van der Waals surface area contributed by atoms with Crippen LogP contribution in [0.1, 0.15) is 30.0 Å². The Labute approximate surface area is 114 Å². The van der Waals surface area contributed by atoms with E-state index in [1.165, 1.54) is 23.6 Å². The van der Waals surface area contributed by atoms with Crippen LogP contribution in [-0.4, -0.2) is 19.1 Å². The van der Waals surface area contributed by atoms with Crippen LogP contribution in [-0.2, 0) is 22.4 Å². The second-order valence-electron chi connectivity index (χ2n) is 4.96. The van der Waals surface area contributed by atoms with Crippen molar-refractivity contribution < 1.29 is 9.53 Å². The first-order chi connectivity index (χ1) is 9.22. The van der Waals surface area contributed by atoms with E-state index >= 15 is 0 Å². The van der Waals surface area contributed by atoms with Crippen molar-refractivity contribution in [1.29, 1.82) is 0 Å². The van der Waals surface area contributed by atoms with Gasteiger partial charge in [-0.05, 0) is 61.4 Å². The smallest absolute Gasteiger partial charge is 0.330 e. The van der Waals surface area contributed by atoms with Crippen molar-refractivity contribution in [2.45, 2.75) is 26.2 Å². The van der Waals surface area contributed by atoms with Gasteiger partial charge >= 0.3 is 5.97 Å². The molecule has 0 aliphatic heterocycles. The van der Waals surface area contributed by atoms with E-state index < -0.39 is 0 Å². The fourth-order valence-corrected chi connectivity index (χ4v) is 2.51. The maximum Gasteiger partial charge on any atom is 0.330 e. The number of carbonyl (C=O) groups excluding carboxylic acids is 1. The van der Waals surface area contributed by atoms with Gasteiger partial charge in [-0.15, -0.1) is 0 Å². The Balaban J connectivity index is 2.10. The van der Waals surface area contributed by atoms with Crippen LogP contribution in [0.4, 0.5) is 0 Å². The molecule has 0 saturated carbocycles. The summed E-state index contributed by atoms with van der Waals surface area (Å²) < 4.78 is 4.87. The number of rotatable bonds is 4. The molecule has 1 aliphatic rings. The van der Waals surface area contributed by atoms with Crippen LogP contribution in [0.15, 0.2) is 24.3 Å². The van der Waals surface area contributed by atoms with E-state index in [9.17, 15) is 4.79 Å². The quantitative estimate of drug-likeness (QED) is 0.667. The minimum atomic E-state index is -0.292. The van der Waals surface area contributed by atoms with E-state index in [1.807, 2.05) is 6.08 Å². The maximum absolute atomic E-state index is 11.3. The molecule has 102 valence electrons. The molecule has 0 bridgehead atoms. The number of ether oxygens (including phenoxy) is 1. The second-order valence-corrected chi connectivity index (χ2v) is 4.96. The number of carbonyl (C=O) groups is 1. The van der Waals surface area contributed by atoms with Gasteiger partial charge in [-0.2, -0.15) is 0 Å². The van der Waals surface area contributed by atoms with Gasteiger partial charge in [0.05, 0.1) is 6.61 Å². The molecule has 3 nitrogen and oxygen atoms in total. The average Bonchev–Trinajstić information content (AvgIpc) is 2.44. The Kier molecular flexibility index (Phi) is 4.74. The van der Waals surface area contributed by atoms with Crippen molar-refractivity contribution in [2.24, 2.45) is 11.7 Å². The summed E-state index contributed by atoms with van der Waals surface area (Å²) in [4.78, 5) is 11.3. The van der Waals surface area contributed by atoms with E-state index in [2.05, 4.69) is 18.2 Å². The third-order valence-corrected chi connectivity index (χ3v) is 3.59. The molecule has 0 heterocycles. The van der Waals surface area contributed by atoms with Gasteiger partial charge in [-0.25, -0.2) is 4.79 Å². The van der Waals surface area contributed by atoms with E-state index in [1.54, 1.807) is 6.92 Å². The van der Waals surface area contributed by atoms with E-state index in [4.69, 9.17) is 10.5 Å². The summed E-state index contributed by atoms with van der Waals surface area (Å²) in [6.45, 7) is 2.96. The van der Waals surface area contributed by atoms with E-state index in [-0.39, 0.29) is 5.97 Å². The first-order valence-corrected chi connectivity index (χ1v) is 6.89. The highest BCUT2D eigenvalue weighted by atomic mass is 16.5. The van der Waals surface area contributed by atoms with Crippen molar-refractivity contribution in [3.63, 3.8) is 0 Å². The topological polar surface area (TPSA) is 52.3 Å². The van der Waals surface area contributed by atoms with Gasteiger partial charge in [0.1, 0.15) is 0 Å². The van der Waals surface area contributed by atoms with Crippen molar-refractivity contribution >= 4 is 12.0 Å². The summed E-state index contributed by atoms with van der Waals surface area (Å²) in [5.74, 6) is 0.303. The van der Waals surface area contributed by atoms with Gasteiger partial charge in [0.25, 0.3) is 0 Å². The molecule has 2 rings (SSSR count). The average molecular weight is 259 g/mol. The van der Waals surface area contributed by atoms with Gasteiger partial charge < -0.3 is 10.5 Å². The summed E-state index contributed by atoms with van der Waals surface area (Å²) in [7, 11) is 0. The number of esters is 1. The minimum Gasteiger partial charge on any atom is -0.463 e. The van der Waals surface area contributed by atoms with Crippen molar-refractivity contribution in [3.8, 4) is 0 Å². The molecular formula is C16H21NO2. The predicted octanol–water partition coefficient (Wildman–Crippen LogP) is 2.33. The van der Waals surface area contributed by atoms with Crippen molar-refractivity contribution in [2.75, 3.05) is 13.2 Å². The van der Waals surface area contributed by atoms with Crippen LogP contribution in [0.5, 0.6) is 0 Å². The van der Waals surface area contributed by atoms with Gasteiger partial charge in [-0.3, -0.25) is 0 Å². The Morgan fingerprint density at radius 2 is 2.32 bits per heavy atom. The van der Waals surface area contributed by atoms with Crippen LogP contribution in [0.25, 0.3) is 6.08 Å². The zero-order chi connectivity index (χ0) is 13.7. The molecule has 0 amide bonds. The number of hydrogen-bond acceptors (Lipinski definition) is 3. The molecule has 0 saturated heterocycles. The highest BCUT2D eigenvalue weighted by molar-refractivity contribution is 5.87. The predicted molar refractivity (Wildman–Crippen MR) is 76.7 cm³/mol. The highest BCUT2D eigenvalue weighted by Crippen LogP contribution is 2.26. The molecule has 19 heavy (non-hydrogen) atoms. The third kappa shape index (κ3) is 3.67. The van der Waals surface area contributed by atoms with Gasteiger partial charge in [0.15, 0.2) is 0 Å². The van der Waals surface area contributed by atoms with Gasteiger partial charge in [-0.1, -0.05) is 18.2 Å². The first kappa shape index (κ1) is 13.8. The lowest BCUT2D eigenvalue weighted by Gasteiger charge is -2.23. The van der Waals surface area contributed by atoms with Crippen LogP contribution in [0, 0.1) is 5.92 Å². The Hall–Kier alpha value is -1.61. The second kappa shape index (κ2) is 6.53. The molecule has 1 aromatic rings. The van der Waals surface area contributed by atoms with E-state index in [0.717, 1.165) is 24.9 Å². The number of hydrogen-bond donors (Lipinski definition) is 1. The van der Waals surface area contributed by atoms with Gasteiger partial charge in [0, 0.05) is 6.08 Å². The van der Waals surface area contributed by atoms with Gasteiger partial charge in [0.2, 0.25) is 0 Å². The van der Waals surface area contributed by atoms with Crippen LogP contribution in [0.3, 0.4) is 0 Å². The summed E-state index contributed by atoms with van der Waals surface area (Å²) in [6.07, 6.45) is 6.63. The monoisotopic (exact) mass is 259 g/mol. The normalized spacial score (nSPS) is 18.3. The number of benzene rings is 1. The third-order valence-electron chi connectivity index (χ3n) is 3.59. The summed E-state index contributed by atoms with van der Waals surface area (Å²) in [6, 6.07) is 6.37. The van der Waals surface area contributed by atoms with Crippen molar-refractivity contribution in [3.05, 3.63) is 41.0 Å². The molecular weight excluding hydrogens is 238 g/mol. The zero-order valence-electron chi connectivity index (χ0n) is 11.4.